The van der Waals surface area contributed by atoms with E-state index in [1.165, 1.54) is 5.56 Å². The molecule has 19 heavy (non-hydrogen) atoms. The highest BCUT2D eigenvalue weighted by Gasteiger charge is 2.09. The quantitative estimate of drug-likeness (QED) is 0.687. The smallest absolute Gasteiger partial charge is 0.159 e. The zero-order chi connectivity index (χ0) is 13.2. The van der Waals surface area contributed by atoms with Crippen LogP contribution in [0.4, 0.5) is 0 Å². The molecular formula is C14H11Cl2N3. The summed E-state index contributed by atoms with van der Waals surface area (Å²) in [5.41, 5.74) is 1.96. The molecule has 0 aliphatic carbocycles. The molecule has 0 spiro atoms. The van der Waals surface area contributed by atoms with E-state index >= 15 is 0 Å². The van der Waals surface area contributed by atoms with Gasteiger partial charge >= 0.3 is 0 Å². The summed E-state index contributed by atoms with van der Waals surface area (Å²) in [5.74, 6) is 0.896. The van der Waals surface area contributed by atoms with Crippen molar-refractivity contribution >= 4 is 28.8 Å². The molecule has 0 unspecified atom stereocenters. The summed E-state index contributed by atoms with van der Waals surface area (Å²) in [7, 11) is 0. The third-order valence-electron chi connectivity index (χ3n) is 2.97. The first-order valence-electron chi connectivity index (χ1n) is 5.96. The van der Waals surface area contributed by atoms with Crippen molar-refractivity contribution in [2.75, 3.05) is 0 Å². The van der Waals surface area contributed by atoms with Crippen LogP contribution in [0.15, 0.2) is 42.6 Å². The molecule has 2 heterocycles. The zero-order valence-corrected chi connectivity index (χ0v) is 11.6. The fourth-order valence-corrected chi connectivity index (χ4v) is 2.61. The van der Waals surface area contributed by atoms with Crippen LogP contribution in [0.25, 0.3) is 5.65 Å². The number of imidazole rings is 1. The van der Waals surface area contributed by atoms with E-state index in [1.807, 2.05) is 22.6 Å². The molecule has 0 N–H and O–H groups in total. The Balaban J connectivity index is 1.90. The molecule has 0 radical (unpaired) electrons. The Kier molecular flexibility index (Phi) is 3.40. The number of aromatic nitrogens is 3. The van der Waals surface area contributed by atoms with Gasteiger partial charge in [0.05, 0.1) is 6.20 Å². The Morgan fingerprint density at radius 2 is 1.84 bits per heavy atom. The summed E-state index contributed by atoms with van der Waals surface area (Å²) < 4.78 is 1.83. The molecule has 0 aliphatic rings. The maximum atomic E-state index is 6.19. The first-order valence-corrected chi connectivity index (χ1v) is 6.72. The average molecular weight is 292 g/mol. The SMILES string of the molecule is Clc1cc(Cl)n2c(CCc3ccccc3)ncc2n1. The van der Waals surface area contributed by atoms with Gasteiger partial charge in [-0.25, -0.2) is 9.97 Å². The summed E-state index contributed by atoms with van der Waals surface area (Å²) in [6.07, 6.45) is 3.41. The number of fused-ring (bicyclic) bond motifs is 1. The first-order chi connectivity index (χ1) is 9.24. The fourth-order valence-electron chi connectivity index (χ4n) is 2.07. The van der Waals surface area contributed by atoms with Crippen molar-refractivity contribution in [1.29, 1.82) is 0 Å². The lowest BCUT2D eigenvalue weighted by Gasteiger charge is -2.04. The van der Waals surface area contributed by atoms with Gasteiger partial charge in [-0.1, -0.05) is 53.5 Å². The van der Waals surface area contributed by atoms with Gasteiger partial charge in [0.1, 0.15) is 16.1 Å². The second-order valence-corrected chi connectivity index (χ2v) is 5.03. The van der Waals surface area contributed by atoms with Gasteiger partial charge in [-0.05, 0) is 12.0 Å². The summed E-state index contributed by atoms with van der Waals surface area (Å²) in [4.78, 5) is 8.56. The molecule has 0 aliphatic heterocycles. The van der Waals surface area contributed by atoms with E-state index in [2.05, 4.69) is 22.1 Å². The van der Waals surface area contributed by atoms with Crippen LogP contribution in [-0.2, 0) is 12.8 Å². The van der Waals surface area contributed by atoms with Crippen LogP contribution in [0.1, 0.15) is 11.4 Å². The van der Waals surface area contributed by atoms with Gasteiger partial charge in [0.15, 0.2) is 5.65 Å². The Hall–Kier alpha value is -1.58. The predicted octanol–water partition coefficient (Wildman–Crippen LogP) is 3.82. The lowest BCUT2D eigenvalue weighted by atomic mass is 10.1. The monoisotopic (exact) mass is 291 g/mol. The summed E-state index contributed by atoms with van der Waals surface area (Å²) in [5, 5.41) is 0.919. The number of rotatable bonds is 3. The average Bonchev–Trinajstić information content (AvgIpc) is 2.81. The fraction of sp³-hybridized carbons (Fsp3) is 0.143. The summed E-state index contributed by atoms with van der Waals surface area (Å²) >= 11 is 12.1. The van der Waals surface area contributed by atoms with Crippen molar-refractivity contribution in [3.63, 3.8) is 0 Å². The minimum Gasteiger partial charge on any atom is -0.271 e. The molecular weight excluding hydrogens is 281 g/mol. The molecule has 2 aromatic heterocycles. The number of halogens is 2. The third-order valence-corrected chi connectivity index (χ3v) is 3.44. The van der Waals surface area contributed by atoms with Crippen molar-refractivity contribution in [2.45, 2.75) is 12.8 Å². The van der Waals surface area contributed by atoms with Gasteiger partial charge in [-0.3, -0.25) is 4.40 Å². The highest BCUT2D eigenvalue weighted by molar-refractivity contribution is 6.33. The lowest BCUT2D eigenvalue weighted by molar-refractivity contribution is 0.850. The third kappa shape index (κ3) is 2.57. The van der Waals surface area contributed by atoms with E-state index in [0.29, 0.717) is 16.0 Å². The molecule has 5 heteroatoms. The van der Waals surface area contributed by atoms with Crippen molar-refractivity contribution in [2.24, 2.45) is 0 Å². The number of hydrogen-bond acceptors (Lipinski definition) is 2. The molecule has 3 rings (SSSR count). The molecule has 0 fully saturated rings. The standard InChI is InChI=1S/C14H11Cl2N3/c15-11-8-12(16)19-13(17-9-14(19)18-11)7-6-10-4-2-1-3-5-10/h1-5,8-9H,6-7H2. The maximum absolute atomic E-state index is 6.19. The molecule has 0 amide bonds. The van der Waals surface area contributed by atoms with Gasteiger partial charge in [0.2, 0.25) is 0 Å². The van der Waals surface area contributed by atoms with Crippen molar-refractivity contribution in [3.05, 3.63) is 64.3 Å². The largest absolute Gasteiger partial charge is 0.271 e. The van der Waals surface area contributed by atoms with Crippen LogP contribution in [0.5, 0.6) is 0 Å². The van der Waals surface area contributed by atoms with Crippen LogP contribution in [0.3, 0.4) is 0 Å². The molecule has 0 saturated heterocycles. The Morgan fingerprint density at radius 3 is 2.63 bits per heavy atom. The summed E-state index contributed by atoms with van der Waals surface area (Å²) in [6.45, 7) is 0. The van der Waals surface area contributed by atoms with Crippen molar-refractivity contribution in [3.8, 4) is 0 Å². The lowest BCUT2D eigenvalue weighted by Crippen LogP contribution is -2.00. The normalized spacial score (nSPS) is 11.1. The highest BCUT2D eigenvalue weighted by Crippen LogP contribution is 2.19. The van der Waals surface area contributed by atoms with Crippen LogP contribution in [0.2, 0.25) is 10.3 Å². The molecule has 3 aromatic rings. The molecule has 0 atom stereocenters. The first kappa shape index (κ1) is 12.5. The van der Waals surface area contributed by atoms with E-state index < -0.39 is 0 Å². The highest BCUT2D eigenvalue weighted by atomic mass is 35.5. The second kappa shape index (κ2) is 5.19. The maximum Gasteiger partial charge on any atom is 0.159 e. The van der Waals surface area contributed by atoms with Gasteiger partial charge in [0.25, 0.3) is 0 Å². The van der Waals surface area contributed by atoms with E-state index in [1.54, 1.807) is 12.3 Å². The number of hydrogen-bond donors (Lipinski definition) is 0. The van der Waals surface area contributed by atoms with Crippen LogP contribution >= 0.6 is 23.2 Å². The Morgan fingerprint density at radius 1 is 1.05 bits per heavy atom. The van der Waals surface area contributed by atoms with E-state index in [-0.39, 0.29) is 0 Å². The molecule has 0 bridgehead atoms. The topological polar surface area (TPSA) is 30.2 Å². The number of benzene rings is 1. The van der Waals surface area contributed by atoms with Crippen LogP contribution in [-0.4, -0.2) is 14.4 Å². The van der Waals surface area contributed by atoms with Gasteiger partial charge in [-0.15, -0.1) is 0 Å². The van der Waals surface area contributed by atoms with E-state index in [0.717, 1.165) is 18.7 Å². The van der Waals surface area contributed by atoms with E-state index in [9.17, 15) is 0 Å². The predicted molar refractivity (Wildman–Crippen MR) is 76.9 cm³/mol. The van der Waals surface area contributed by atoms with Crippen molar-refractivity contribution in [1.82, 2.24) is 14.4 Å². The number of nitrogens with zero attached hydrogens (tertiary/aromatic N) is 3. The molecule has 96 valence electrons. The van der Waals surface area contributed by atoms with E-state index in [4.69, 9.17) is 23.2 Å². The number of aryl methyl sites for hydroxylation is 2. The molecule has 3 nitrogen and oxygen atoms in total. The van der Waals surface area contributed by atoms with Crippen LogP contribution in [0, 0.1) is 0 Å². The Labute approximate surface area is 120 Å². The van der Waals surface area contributed by atoms with Gasteiger partial charge in [-0.2, -0.15) is 0 Å². The van der Waals surface area contributed by atoms with Crippen molar-refractivity contribution < 1.29 is 0 Å². The zero-order valence-electron chi connectivity index (χ0n) is 10.1. The minimum absolute atomic E-state index is 0.381. The Bertz CT molecular complexity index is 707. The minimum atomic E-state index is 0.381. The molecule has 0 saturated carbocycles. The molecule has 1 aromatic carbocycles. The van der Waals surface area contributed by atoms with Gasteiger partial charge < -0.3 is 0 Å². The van der Waals surface area contributed by atoms with Gasteiger partial charge in [0, 0.05) is 12.5 Å². The second-order valence-electron chi connectivity index (χ2n) is 4.26. The van der Waals surface area contributed by atoms with Crippen LogP contribution < -0.4 is 0 Å². The summed E-state index contributed by atoms with van der Waals surface area (Å²) in [6, 6.07) is 11.9.